The molecule has 0 amide bonds. The summed E-state index contributed by atoms with van der Waals surface area (Å²) >= 11 is 0. The Morgan fingerprint density at radius 3 is 2.69 bits per heavy atom. The van der Waals surface area contributed by atoms with E-state index in [1.54, 1.807) is 13.8 Å². The molecule has 1 heterocycles. The van der Waals surface area contributed by atoms with Crippen LogP contribution in [0.4, 0.5) is 0 Å². The molecule has 6 nitrogen and oxygen atoms in total. The van der Waals surface area contributed by atoms with Gasteiger partial charge in [-0.1, -0.05) is 0 Å². The van der Waals surface area contributed by atoms with Gasteiger partial charge < -0.3 is 5.11 Å². The van der Waals surface area contributed by atoms with Crippen molar-refractivity contribution in [2.75, 3.05) is 5.75 Å². The molecule has 0 atom stereocenters. The lowest BCUT2D eigenvalue weighted by Gasteiger charge is -2.08. The number of aromatic nitrogens is 2. The van der Waals surface area contributed by atoms with Gasteiger partial charge >= 0.3 is 5.97 Å². The highest BCUT2D eigenvalue weighted by atomic mass is 32.2. The zero-order valence-corrected chi connectivity index (χ0v) is 9.94. The molecule has 1 rings (SSSR count). The number of carboxylic acids is 1. The highest BCUT2D eigenvalue weighted by Crippen LogP contribution is 2.04. The van der Waals surface area contributed by atoms with Gasteiger partial charge in [-0.2, -0.15) is 5.10 Å². The summed E-state index contributed by atoms with van der Waals surface area (Å²) in [7, 11) is -3.17. The quantitative estimate of drug-likeness (QED) is 0.812. The molecule has 0 aromatic carbocycles. The lowest BCUT2D eigenvalue weighted by molar-refractivity contribution is 0.0683. The third-order valence-corrected chi connectivity index (χ3v) is 4.43. The van der Waals surface area contributed by atoms with Crippen LogP contribution in [0.15, 0.2) is 12.3 Å². The van der Waals surface area contributed by atoms with Crippen LogP contribution in [0, 0.1) is 0 Å². The van der Waals surface area contributed by atoms with Crippen molar-refractivity contribution in [2.45, 2.75) is 25.6 Å². The molecule has 0 saturated carbocycles. The van der Waals surface area contributed by atoms with Crippen molar-refractivity contribution in [3.8, 4) is 0 Å². The summed E-state index contributed by atoms with van der Waals surface area (Å²) in [6.07, 6.45) is 1.34. The lowest BCUT2D eigenvalue weighted by atomic mass is 10.4. The van der Waals surface area contributed by atoms with Gasteiger partial charge in [-0.25, -0.2) is 13.2 Å². The Balaban J connectivity index is 2.76. The van der Waals surface area contributed by atoms with Gasteiger partial charge in [0.25, 0.3) is 0 Å². The van der Waals surface area contributed by atoms with Crippen LogP contribution in [0.3, 0.4) is 0 Å². The predicted molar refractivity (Wildman–Crippen MR) is 58.1 cm³/mol. The Bertz CT molecular complexity index is 475. The average Bonchev–Trinajstić information content (AvgIpc) is 2.62. The van der Waals surface area contributed by atoms with E-state index >= 15 is 0 Å². The van der Waals surface area contributed by atoms with E-state index in [-0.39, 0.29) is 18.0 Å². The van der Waals surface area contributed by atoms with E-state index in [0.29, 0.717) is 0 Å². The Morgan fingerprint density at radius 1 is 1.56 bits per heavy atom. The minimum atomic E-state index is -3.17. The summed E-state index contributed by atoms with van der Waals surface area (Å²) in [5.41, 5.74) is -0.000967. The van der Waals surface area contributed by atoms with Crippen LogP contribution < -0.4 is 0 Å². The smallest absolute Gasteiger partial charge is 0.354 e. The van der Waals surface area contributed by atoms with Crippen molar-refractivity contribution < 1.29 is 18.3 Å². The summed E-state index contributed by atoms with van der Waals surface area (Å²) in [6, 6.07) is 1.34. The Hall–Kier alpha value is -1.37. The molecule has 0 radical (unpaired) electrons. The maximum Gasteiger partial charge on any atom is 0.354 e. The van der Waals surface area contributed by atoms with Gasteiger partial charge in [0.05, 0.1) is 17.5 Å². The zero-order chi connectivity index (χ0) is 12.3. The van der Waals surface area contributed by atoms with E-state index in [1.807, 2.05) is 0 Å². The molecule has 7 heteroatoms. The Kier molecular flexibility index (Phi) is 3.69. The van der Waals surface area contributed by atoms with E-state index < -0.39 is 21.1 Å². The van der Waals surface area contributed by atoms with Crippen molar-refractivity contribution in [2.24, 2.45) is 0 Å². The van der Waals surface area contributed by atoms with Crippen molar-refractivity contribution in [1.29, 1.82) is 0 Å². The molecule has 0 aliphatic carbocycles. The Morgan fingerprint density at radius 2 is 2.19 bits per heavy atom. The normalized spacial score (nSPS) is 11.9. The number of rotatable bonds is 5. The molecular weight excluding hydrogens is 232 g/mol. The predicted octanol–water partition coefficient (Wildman–Crippen LogP) is 0.404. The maximum absolute atomic E-state index is 11.5. The molecule has 0 aliphatic heterocycles. The number of hydrogen-bond donors (Lipinski definition) is 1. The molecule has 0 unspecified atom stereocenters. The van der Waals surface area contributed by atoms with Crippen molar-refractivity contribution >= 4 is 15.8 Å². The first-order chi connectivity index (χ1) is 7.34. The molecule has 0 spiro atoms. The average molecular weight is 246 g/mol. The van der Waals surface area contributed by atoms with E-state index in [9.17, 15) is 13.2 Å². The summed E-state index contributed by atoms with van der Waals surface area (Å²) in [5, 5.41) is 12.1. The summed E-state index contributed by atoms with van der Waals surface area (Å²) in [4.78, 5) is 10.7. The van der Waals surface area contributed by atoms with Gasteiger partial charge in [-0.15, -0.1) is 0 Å². The first kappa shape index (κ1) is 12.7. The van der Waals surface area contributed by atoms with Crippen molar-refractivity contribution in [1.82, 2.24) is 9.78 Å². The summed E-state index contributed by atoms with van der Waals surface area (Å²) in [5.74, 6) is -1.22. The van der Waals surface area contributed by atoms with E-state index in [1.165, 1.54) is 16.9 Å². The van der Waals surface area contributed by atoms with Crippen LogP contribution in [0.5, 0.6) is 0 Å². The van der Waals surface area contributed by atoms with Gasteiger partial charge in [0, 0.05) is 6.20 Å². The SMILES string of the molecule is CC(C)S(=O)(=O)CCn1nccc1C(=O)O. The fraction of sp³-hybridized carbons (Fsp3) is 0.556. The molecule has 1 N–H and O–H groups in total. The molecule has 1 aromatic rings. The highest BCUT2D eigenvalue weighted by Gasteiger charge is 2.18. The number of aromatic carboxylic acids is 1. The van der Waals surface area contributed by atoms with Crippen LogP contribution in [0.25, 0.3) is 0 Å². The fourth-order valence-electron chi connectivity index (χ4n) is 1.14. The standard InChI is InChI=1S/C9H14N2O4S/c1-7(2)16(14,15)6-5-11-8(9(12)13)3-4-10-11/h3-4,7H,5-6H2,1-2H3,(H,12,13). The largest absolute Gasteiger partial charge is 0.477 e. The molecule has 0 fully saturated rings. The molecule has 0 saturated heterocycles. The zero-order valence-electron chi connectivity index (χ0n) is 9.12. The van der Waals surface area contributed by atoms with Crippen LogP contribution >= 0.6 is 0 Å². The third-order valence-electron chi connectivity index (χ3n) is 2.24. The monoisotopic (exact) mass is 246 g/mol. The number of carbonyl (C=O) groups is 1. The first-order valence-electron chi connectivity index (χ1n) is 4.81. The number of sulfone groups is 1. The van der Waals surface area contributed by atoms with E-state index in [2.05, 4.69) is 5.10 Å². The molecule has 90 valence electrons. The second kappa shape index (κ2) is 4.65. The topological polar surface area (TPSA) is 89.3 Å². The minimum absolute atomic E-state index is 0.000967. The van der Waals surface area contributed by atoms with Crippen LogP contribution in [-0.4, -0.2) is 40.3 Å². The van der Waals surface area contributed by atoms with Crippen molar-refractivity contribution in [3.63, 3.8) is 0 Å². The highest BCUT2D eigenvalue weighted by molar-refractivity contribution is 7.91. The molecule has 0 bridgehead atoms. The Labute approximate surface area is 93.8 Å². The molecule has 16 heavy (non-hydrogen) atoms. The minimum Gasteiger partial charge on any atom is -0.477 e. The van der Waals surface area contributed by atoms with Crippen molar-refractivity contribution in [3.05, 3.63) is 18.0 Å². The lowest BCUT2D eigenvalue weighted by Crippen LogP contribution is -2.23. The van der Waals surface area contributed by atoms with E-state index in [4.69, 9.17) is 5.11 Å². The third kappa shape index (κ3) is 2.82. The molecule has 0 aliphatic rings. The second-order valence-electron chi connectivity index (χ2n) is 3.66. The molecule has 1 aromatic heterocycles. The van der Waals surface area contributed by atoms with Crippen LogP contribution in [0.2, 0.25) is 0 Å². The number of carboxylic acid groups (broad SMARTS) is 1. The summed E-state index contributed by atoms with van der Waals surface area (Å²) < 4.78 is 24.2. The van der Waals surface area contributed by atoms with Gasteiger partial charge in [0.2, 0.25) is 0 Å². The van der Waals surface area contributed by atoms with E-state index in [0.717, 1.165) is 0 Å². The van der Waals surface area contributed by atoms with Gasteiger partial charge in [-0.3, -0.25) is 4.68 Å². The summed E-state index contributed by atoms with van der Waals surface area (Å²) in [6.45, 7) is 3.25. The van der Waals surface area contributed by atoms with Crippen LogP contribution in [-0.2, 0) is 16.4 Å². The van der Waals surface area contributed by atoms with Crippen LogP contribution in [0.1, 0.15) is 24.3 Å². The second-order valence-corrected chi connectivity index (χ2v) is 6.34. The fourth-order valence-corrected chi connectivity index (χ4v) is 2.04. The van der Waals surface area contributed by atoms with Gasteiger partial charge in [-0.05, 0) is 19.9 Å². The maximum atomic E-state index is 11.5. The number of hydrogen-bond acceptors (Lipinski definition) is 4. The first-order valence-corrected chi connectivity index (χ1v) is 6.53. The van der Waals surface area contributed by atoms with Gasteiger partial charge in [0.1, 0.15) is 5.69 Å². The molecular formula is C9H14N2O4S. The number of aryl methyl sites for hydroxylation is 1. The van der Waals surface area contributed by atoms with Gasteiger partial charge in [0.15, 0.2) is 9.84 Å². The number of nitrogens with zero attached hydrogens (tertiary/aromatic N) is 2.